The number of carbonyl (C=O) groups is 1. The minimum atomic E-state index is -0.580. The lowest BCUT2D eigenvalue weighted by atomic mass is 10.2. The number of thiazole rings is 1. The first-order valence-corrected chi connectivity index (χ1v) is 8.95. The highest BCUT2D eigenvalue weighted by Gasteiger charge is 2.15. The Hall–Kier alpha value is -2.99. The molecule has 5 nitrogen and oxygen atoms in total. The maximum absolute atomic E-state index is 11.9. The molecule has 132 valence electrons. The van der Waals surface area contributed by atoms with Crippen molar-refractivity contribution in [2.24, 2.45) is 0 Å². The standard InChI is InChI=1S/C20H19N3O2S/c1-13-8-10-16(11-9-13)23-20(24)25-12-17(21)18-14(2)22-19(26-18)15-6-4-3-5-7-15/h3-11,21H,12H2,1-2H3,(H,23,24). The summed E-state index contributed by atoms with van der Waals surface area (Å²) < 4.78 is 5.17. The molecule has 0 aliphatic carbocycles. The van der Waals surface area contributed by atoms with E-state index in [1.165, 1.54) is 11.3 Å². The van der Waals surface area contributed by atoms with Gasteiger partial charge in [-0.2, -0.15) is 0 Å². The molecular formula is C20H19N3O2S. The summed E-state index contributed by atoms with van der Waals surface area (Å²) in [5, 5.41) is 11.7. The molecule has 3 rings (SSSR count). The highest BCUT2D eigenvalue weighted by atomic mass is 32.1. The number of benzene rings is 2. The summed E-state index contributed by atoms with van der Waals surface area (Å²) in [6, 6.07) is 17.3. The van der Waals surface area contributed by atoms with Crippen LogP contribution in [0.25, 0.3) is 10.6 Å². The molecule has 0 unspecified atom stereocenters. The largest absolute Gasteiger partial charge is 0.443 e. The number of rotatable bonds is 5. The van der Waals surface area contributed by atoms with Crippen LogP contribution in [-0.2, 0) is 4.74 Å². The Morgan fingerprint density at radius 3 is 2.50 bits per heavy atom. The van der Waals surface area contributed by atoms with Crippen molar-refractivity contribution in [2.75, 3.05) is 11.9 Å². The zero-order chi connectivity index (χ0) is 18.5. The van der Waals surface area contributed by atoms with Crippen LogP contribution in [0.3, 0.4) is 0 Å². The Bertz CT molecular complexity index is 918. The van der Waals surface area contributed by atoms with Crippen molar-refractivity contribution < 1.29 is 9.53 Å². The molecule has 2 N–H and O–H groups in total. The first-order chi connectivity index (χ1) is 12.5. The van der Waals surface area contributed by atoms with Gasteiger partial charge in [-0.25, -0.2) is 9.78 Å². The van der Waals surface area contributed by atoms with Gasteiger partial charge in [0.15, 0.2) is 0 Å². The van der Waals surface area contributed by atoms with Gasteiger partial charge in [-0.05, 0) is 26.0 Å². The van der Waals surface area contributed by atoms with E-state index < -0.39 is 6.09 Å². The minimum absolute atomic E-state index is 0.102. The van der Waals surface area contributed by atoms with Crippen molar-refractivity contribution in [3.63, 3.8) is 0 Å². The Morgan fingerprint density at radius 2 is 1.81 bits per heavy atom. The van der Waals surface area contributed by atoms with Gasteiger partial charge in [-0.3, -0.25) is 5.32 Å². The maximum Gasteiger partial charge on any atom is 0.412 e. The van der Waals surface area contributed by atoms with E-state index in [9.17, 15) is 4.79 Å². The van der Waals surface area contributed by atoms with Crippen molar-refractivity contribution in [3.8, 4) is 10.6 Å². The molecule has 0 spiro atoms. The van der Waals surface area contributed by atoms with Gasteiger partial charge < -0.3 is 10.1 Å². The van der Waals surface area contributed by atoms with Gasteiger partial charge in [-0.1, -0.05) is 48.0 Å². The first-order valence-electron chi connectivity index (χ1n) is 8.14. The second-order valence-corrected chi connectivity index (χ2v) is 6.84. The molecule has 1 aromatic heterocycles. The van der Waals surface area contributed by atoms with Crippen molar-refractivity contribution in [1.82, 2.24) is 4.98 Å². The normalized spacial score (nSPS) is 10.4. The third kappa shape index (κ3) is 4.34. The van der Waals surface area contributed by atoms with Crippen LogP contribution in [-0.4, -0.2) is 23.4 Å². The molecule has 0 radical (unpaired) electrons. The predicted molar refractivity (Wildman–Crippen MR) is 105 cm³/mol. The molecule has 6 heteroatoms. The molecule has 26 heavy (non-hydrogen) atoms. The van der Waals surface area contributed by atoms with Crippen LogP contribution in [0, 0.1) is 19.3 Å². The molecule has 0 saturated heterocycles. The third-order valence-corrected chi connectivity index (χ3v) is 5.00. The number of carbonyl (C=O) groups excluding carboxylic acids is 1. The molecule has 1 heterocycles. The summed E-state index contributed by atoms with van der Waals surface area (Å²) in [6.45, 7) is 3.73. The number of aromatic nitrogens is 1. The van der Waals surface area contributed by atoms with Gasteiger partial charge in [0.05, 0.1) is 16.3 Å². The Morgan fingerprint density at radius 1 is 1.12 bits per heavy atom. The molecule has 0 aliphatic heterocycles. The molecule has 0 aliphatic rings. The molecule has 0 atom stereocenters. The minimum Gasteiger partial charge on any atom is -0.443 e. The topological polar surface area (TPSA) is 75.1 Å². The molecular weight excluding hydrogens is 346 g/mol. The Balaban J connectivity index is 1.60. The summed E-state index contributed by atoms with van der Waals surface area (Å²) in [6.07, 6.45) is -0.580. The molecule has 1 amide bonds. The molecule has 0 fully saturated rings. The van der Waals surface area contributed by atoms with E-state index in [2.05, 4.69) is 10.3 Å². The van der Waals surface area contributed by atoms with Gasteiger partial charge in [0, 0.05) is 11.3 Å². The van der Waals surface area contributed by atoms with Gasteiger partial charge in [0.2, 0.25) is 0 Å². The zero-order valence-corrected chi connectivity index (χ0v) is 15.4. The smallest absolute Gasteiger partial charge is 0.412 e. The van der Waals surface area contributed by atoms with E-state index in [4.69, 9.17) is 10.1 Å². The molecule has 0 saturated carbocycles. The van der Waals surface area contributed by atoms with Gasteiger partial charge in [0.1, 0.15) is 11.6 Å². The molecule has 2 aromatic carbocycles. The number of hydrogen-bond acceptors (Lipinski definition) is 5. The number of nitrogens with zero attached hydrogens (tertiary/aromatic N) is 1. The monoisotopic (exact) mass is 365 g/mol. The number of hydrogen-bond donors (Lipinski definition) is 2. The third-order valence-electron chi connectivity index (χ3n) is 3.74. The SMILES string of the molecule is Cc1ccc(NC(=O)OCC(=N)c2sc(-c3ccccc3)nc2C)cc1. The molecule has 0 bridgehead atoms. The highest BCUT2D eigenvalue weighted by Crippen LogP contribution is 2.28. The lowest BCUT2D eigenvalue weighted by Crippen LogP contribution is -2.18. The first kappa shape index (κ1) is 17.8. The quantitative estimate of drug-likeness (QED) is 0.622. The number of ether oxygens (including phenoxy) is 1. The predicted octanol–water partition coefficient (Wildman–Crippen LogP) is 5.04. The lowest BCUT2D eigenvalue weighted by Gasteiger charge is -2.07. The van der Waals surface area contributed by atoms with E-state index in [0.717, 1.165) is 26.7 Å². The van der Waals surface area contributed by atoms with Crippen LogP contribution in [0.5, 0.6) is 0 Å². The summed E-state index contributed by atoms with van der Waals surface area (Å²) in [5.41, 5.74) is 3.79. The van der Waals surface area contributed by atoms with Crippen molar-refractivity contribution in [1.29, 1.82) is 5.41 Å². The summed E-state index contributed by atoms with van der Waals surface area (Å²) in [7, 11) is 0. The Kier molecular flexibility index (Phi) is 5.43. The fraction of sp³-hybridized carbons (Fsp3) is 0.150. The zero-order valence-electron chi connectivity index (χ0n) is 14.6. The number of anilines is 1. The average molecular weight is 365 g/mol. The van der Waals surface area contributed by atoms with Gasteiger partial charge in [-0.15, -0.1) is 11.3 Å². The summed E-state index contributed by atoms with van der Waals surface area (Å²) in [4.78, 5) is 17.2. The second kappa shape index (κ2) is 7.93. The van der Waals surface area contributed by atoms with Crippen molar-refractivity contribution >= 4 is 28.8 Å². The van der Waals surface area contributed by atoms with Crippen LogP contribution in [0.15, 0.2) is 54.6 Å². The second-order valence-electron chi connectivity index (χ2n) is 5.85. The summed E-state index contributed by atoms with van der Waals surface area (Å²) >= 11 is 1.43. The highest BCUT2D eigenvalue weighted by molar-refractivity contribution is 7.17. The number of nitrogens with one attached hydrogen (secondary N) is 2. The van der Waals surface area contributed by atoms with Crippen LogP contribution in [0.2, 0.25) is 0 Å². The lowest BCUT2D eigenvalue weighted by molar-refractivity contribution is 0.177. The van der Waals surface area contributed by atoms with Crippen molar-refractivity contribution in [2.45, 2.75) is 13.8 Å². The van der Waals surface area contributed by atoms with Crippen LogP contribution in [0.4, 0.5) is 10.5 Å². The van der Waals surface area contributed by atoms with E-state index >= 15 is 0 Å². The van der Waals surface area contributed by atoms with E-state index in [1.807, 2.05) is 56.3 Å². The number of aryl methyl sites for hydroxylation is 2. The van der Waals surface area contributed by atoms with E-state index in [1.54, 1.807) is 12.1 Å². The van der Waals surface area contributed by atoms with Crippen LogP contribution in [0.1, 0.15) is 16.1 Å². The fourth-order valence-corrected chi connectivity index (χ4v) is 3.38. The Labute approximate surface area is 156 Å². The fourth-order valence-electron chi connectivity index (χ4n) is 2.37. The van der Waals surface area contributed by atoms with Gasteiger partial charge >= 0.3 is 6.09 Å². The van der Waals surface area contributed by atoms with E-state index in [-0.39, 0.29) is 12.3 Å². The number of amides is 1. The summed E-state index contributed by atoms with van der Waals surface area (Å²) in [5.74, 6) is 0. The average Bonchev–Trinajstić information content (AvgIpc) is 3.04. The van der Waals surface area contributed by atoms with E-state index in [0.29, 0.717) is 5.69 Å². The van der Waals surface area contributed by atoms with Crippen LogP contribution >= 0.6 is 11.3 Å². The van der Waals surface area contributed by atoms with Crippen LogP contribution < -0.4 is 5.32 Å². The maximum atomic E-state index is 11.9. The molecule has 3 aromatic rings. The van der Waals surface area contributed by atoms with Crippen molar-refractivity contribution in [3.05, 3.63) is 70.7 Å². The van der Waals surface area contributed by atoms with Gasteiger partial charge in [0.25, 0.3) is 0 Å².